The van der Waals surface area contributed by atoms with Gasteiger partial charge in [0.15, 0.2) is 0 Å². The number of aryl methyl sites for hydroxylation is 4. The van der Waals surface area contributed by atoms with E-state index in [0.717, 1.165) is 0 Å². The van der Waals surface area contributed by atoms with Gasteiger partial charge in [0, 0.05) is 0 Å². The van der Waals surface area contributed by atoms with E-state index in [1.807, 2.05) is 32.1 Å². The van der Waals surface area contributed by atoms with Crippen LogP contribution in [0.25, 0.3) is 0 Å². The number of allylic oxidation sites excluding steroid dienone is 4. The molecule has 2 aromatic carbocycles. The zero-order valence-electron chi connectivity index (χ0n) is 20.0. The molecule has 2 aromatic rings. The Hall–Kier alpha value is -2.39. The van der Waals surface area contributed by atoms with E-state index < -0.39 is 18.1 Å². The Morgan fingerprint density at radius 3 is 1.50 bits per heavy atom. The van der Waals surface area contributed by atoms with Crippen molar-refractivity contribution in [1.82, 2.24) is 0 Å². The van der Waals surface area contributed by atoms with Crippen molar-refractivity contribution >= 4 is 18.1 Å². The fraction of sp³-hybridized carbons (Fsp3) is 0.333. The molecule has 0 spiro atoms. The van der Waals surface area contributed by atoms with Crippen LogP contribution in [0.3, 0.4) is 0 Å². The van der Waals surface area contributed by atoms with Gasteiger partial charge in [0.05, 0.1) is 0 Å². The van der Waals surface area contributed by atoms with Gasteiger partial charge in [-0.05, 0) is 0 Å². The molecule has 170 valence electrons. The normalized spacial score (nSPS) is 17.1. The molecule has 0 saturated heterocycles. The summed E-state index contributed by atoms with van der Waals surface area (Å²) in [5.74, 6) is 0. The van der Waals surface area contributed by atoms with Crippen molar-refractivity contribution in [3.8, 4) is 0 Å². The van der Waals surface area contributed by atoms with Crippen LogP contribution in [0.1, 0.15) is 70.2 Å². The molecule has 0 heterocycles. The van der Waals surface area contributed by atoms with Gasteiger partial charge in [-0.1, -0.05) is 0 Å². The van der Waals surface area contributed by atoms with Crippen molar-refractivity contribution in [1.29, 1.82) is 0 Å². The molecule has 0 unspecified atom stereocenters. The first-order valence-corrected chi connectivity index (χ1v) is 13.0. The first-order chi connectivity index (χ1) is 14.7. The third-order valence-corrected chi connectivity index (χ3v) is 9.90. The van der Waals surface area contributed by atoms with Gasteiger partial charge in [0.25, 0.3) is 0 Å². The Balaban J connectivity index is 2.41. The van der Waals surface area contributed by atoms with Crippen LogP contribution in [0.4, 0.5) is 0 Å². The molecular formula is C27H33O4P. The average molecular weight is 453 g/mol. The Morgan fingerprint density at radius 1 is 0.781 bits per heavy atom. The van der Waals surface area contributed by atoms with E-state index in [2.05, 4.69) is 0 Å². The molecule has 1 aliphatic rings. The number of rotatable bonds is 5. The van der Waals surface area contributed by atoms with Gasteiger partial charge >= 0.3 is 191 Å². The molecule has 0 aliphatic heterocycles. The Bertz CT molecular complexity index is 1090. The van der Waals surface area contributed by atoms with Gasteiger partial charge in [0.2, 0.25) is 0 Å². The molecule has 0 bridgehead atoms. The molecule has 3 rings (SSSR count). The average Bonchev–Trinajstić information content (AvgIpc) is 2.66. The van der Waals surface area contributed by atoms with Crippen molar-refractivity contribution in [3.05, 3.63) is 92.8 Å². The maximum atomic E-state index is 14.1. The summed E-state index contributed by atoms with van der Waals surface area (Å²) in [6.45, 7) is 12.9. The van der Waals surface area contributed by atoms with E-state index in [9.17, 15) is 19.4 Å². The summed E-state index contributed by atoms with van der Waals surface area (Å²) in [5.41, 5.74) is 1.51. The van der Waals surface area contributed by atoms with E-state index in [0.29, 0.717) is 34.2 Å². The monoisotopic (exact) mass is 452 g/mol. The van der Waals surface area contributed by atoms with E-state index in [-0.39, 0.29) is 21.9 Å². The maximum absolute atomic E-state index is 14.1. The standard InChI is InChI=1S/C27H33O4P/c1-17-10-8-11-18(2)23(17)25(28)32(30,31,22-14-15-27(6,7)16-21(22)5)26(29)24-19(3)12-9-13-20(24)4/h8-15,30-31H,16H2,1-7H3. The van der Waals surface area contributed by atoms with Crippen molar-refractivity contribution < 1.29 is 19.4 Å². The molecule has 0 fully saturated rings. The minimum atomic E-state index is -5.79. The molecule has 0 radical (unpaired) electrons. The fourth-order valence-electron chi connectivity index (χ4n) is 4.82. The zero-order valence-corrected chi connectivity index (χ0v) is 20.9. The number of hydrogen-bond acceptors (Lipinski definition) is 4. The second-order valence-electron chi connectivity index (χ2n) is 9.83. The van der Waals surface area contributed by atoms with Crippen molar-refractivity contribution in [2.24, 2.45) is 5.41 Å². The summed E-state index contributed by atoms with van der Waals surface area (Å²) < 4.78 is 0. The van der Waals surface area contributed by atoms with Crippen molar-refractivity contribution in [2.45, 2.75) is 54.9 Å². The predicted molar refractivity (Wildman–Crippen MR) is 132 cm³/mol. The van der Waals surface area contributed by atoms with E-state index in [1.165, 1.54) is 0 Å². The molecule has 0 saturated carbocycles. The van der Waals surface area contributed by atoms with Gasteiger partial charge in [-0.2, -0.15) is 0 Å². The van der Waals surface area contributed by atoms with Crippen LogP contribution in [0.2, 0.25) is 0 Å². The molecule has 32 heavy (non-hydrogen) atoms. The molecule has 5 heteroatoms. The molecule has 1 aliphatic carbocycles. The van der Waals surface area contributed by atoms with E-state index in [4.69, 9.17) is 0 Å². The van der Waals surface area contributed by atoms with Crippen LogP contribution in [0, 0.1) is 33.1 Å². The van der Waals surface area contributed by atoms with Gasteiger partial charge < -0.3 is 0 Å². The third kappa shape index (κ3) is 3.71. The summed E-state index contributed by atoms with van der Waals surface area (Å²) >= 11 is 0. The quantitative estimate of drug-likeness (QED) is 0.506. The predicted octanol–water partition coefficient (Wildman–Crippen LogP) is 6.53. The fourth-order valence-corrected chi connectivity index (χ4v) is 8.15. The Kier molecular flexibility index (Phi) is 5.97. The van der Waals surface area contributed by atoms with Crippen LogP contribution in [0.5, 0.6) is 0 Å². The second-order valence-corrected chi connectivity index (χ2v) is 13.2. The summed E-state index contributed by atoms with van der Waals surface area (Å²) in [6.07, 6.45) is 3.98. The molecule has 2 N–H and O–H groups in total. The van der Waals surface area contributed by atoms with Gasteiger partial charge in [-0.25, -0.2) is 0 Å². The van der Waals surface area contributed by atoms with Gasteiger partial charge in [-0.3, -0.25) is 0 Å². The van der Waals surface area contributed by atoms with Crippen molar-refractivity contribution in [3.63, 3.8) is 0 Å². The van der Waals surface area contributed by atoms with E-state index in [1.54, 1.807) is 65.0 Å². The first kappa shape index (κ1) is 24.3. The van der Waals surface area contributed by atoms with Crippen LogP contribution < -0.4 is 0 Å². The molecular weight excluding hydrogens is 419 g/mol. The van der Waals surface area contributed by atoms with Crippen LogP contribution in [0.15, 0.2) is 59.4 Å². The minimum absolute atomic E-state index is 0.0654. The molecule has 0 atom stereocenters. The third-order valence-electron chi connectivity index (χ3n) is 6.47. The van der Waals surface area contributed by atoms with E-state index >= 15 is 0 Å². The zero-order chi connectivity index (χ0) is 24.1. The number of benzene rings is 2. The second kappa shape index (κ2) is 7.88. The molecule has 0 aromatic heterocycles. The van der Waals surface area contributed by atoms with Crippen LogP contribution in [-0.2, 0) is 0 Å². The summed E-state index contributed by atoms with van der Waals surface area (Å²) in [5, 5.41) is 0.0654. The summed E-state index contributed by atoms with van der Waals surface area (Å²) in [6, 6.07) is 10.6. The summed E-state index contributed by atoms with van der Waals surface area (Å²) in [7, 11) is -5.79. The molecule has 4 nitrogen and oxygen atoms in total. The first-order valence-electron chi connectivity index (χ1n) is 10.8. The Labute approximate surface area is 190 Å². The number of carbonyl (C=O) groups is 2. The van der Waals surface area contributed by atoms with Crippen LogP contribution >= 0.6 is 7.06 Å². The Morgan fingerprint density at radius 2 is 1.16 bits per heavy atom. The molecule has 0 amide bonds. The van der Waals surface area contributed by atoms with Gasteiger partial charge in [0.1, 0.15) is 0 Å². The number of hydrogen-bond donors (Lipinski definition) is 2. The van der Waals surface area contributed by atoms with Crippen molar-refractivity contribution in [2.75, 3.05) is 0 Å². The SMILES string of the molecule is CC1=C(P(O)(O)(C(=O)c2c(C)cccc2C)C(=O)c2c(C)cccc2C)C=CC(C)(C)C1. The number of carbonyl (C=O) groups excluding carboxylic acids is 2. The van der Waals surface area contributed by atoms with Gasteiger partial charge in [-0.15, -0.1) is 0 Å². The van der Waals surface area contributed by atoms with Crippen LogP contribution in [-0.4, -0.2) is 20.8 Å². The topological polar surface area (TPSA) is 74.6 Å². The summed E-state index contributed by atoms with van der Waals surface area (Å²) in [4.78, 5) is 52.8.